The minimum absolute atomic E-state index is 0.00791. The summed E-state index contributed by atoms with van der Waals surface area (Å²) in [5.41, 5.74) is 6.03. The molecule has 0 heterocycles. The molecule has 1 amide bonds. The van der Waals surface area contributed by atoms with Crippen molar-refractivity contribution in [1.82, 2.24) is 5.32 Å². The zero-order valence-electron chi connectivity index (χ0n) is 15.6. The zero-order valence-corrected chi connectivity index (χ0v) is 15.6. The van der Waals surface area contributed by atoms with Crippen LogP contribution in [0.5, 0.6) is 11.5 Å². The maximum atomic E-state index is 12.3. The van der Waals surface area contributed by atoms with E-state index in [-0.39, 0.29) is 29.7 Å². The first-order valence-electron chi connectivity index (χ1n) is 8.38. The van der Waals surface area contributed by atoms with Gasteiger partial charge in [-0.3, -0.25) is 4.79 Å². The first-order valence-corrected chi connectivity index (χ1v) is 8.38. The van der Waals surface area contributed by atoms with Gasteiger partial charge in [0.25, 0.3) is 0 Å². The minimum atomic E-state index is -4.42. The van der Waals surface area contributed by atoms with E-state index in [4.69, 9.17) is 15.2 Å². The fourth-order valence-electron chi connectivity index (χ4n) is 2.22. The maximum Gasteiger partial charge on any atom is 0.422 e. The van der Waals surface area contributed by atoms with Crippen molar-refractivity contribution in [2.75, 3.05) is 20.3 Å². The molecule has 1 unspecified atom stereocenters. The number of nitrogens with one attached hydrogen (secondary N) is 1. The maximum absolute atomic E-state index is 12.3. The van der Waals surface area contributed by atoms with E-state index in [0.717, 1.165) is 5.56 Å². The highest BCUT2D eigenvalue weighted by atomic mass is 19.4. The van der Waals surface area contributed by atoms with E-state index in [2.05, 4.69) is 5.32 Å². The Morgan fingerprint density at radius 1 is 1.27 bits per heavy atom. The Bertz CT molecular complexity index is 606. The lowest BCUT2D eigenvalue weighted by Gasteiger charge is -2.33. The summed E-state index contributed by atoms with van der Waals surface area (Å²) >= 11 is 0. The number of rotatable bonds is 9. The lowest BCUT2D eigenvalue weighted by molar-refractivity contribution is -0.153. The number of aryl methyl sites for hydroxylation is 1. The van der Waals surface area contributed by atoms with Gasteiger partial charge in [-0.05, 0) is 37.0 Å². The molecule has 8 heteroatoms. The molecule has 148 valence electrons. The van der Waals surface area contributed by atoms with Crippen LogP contribution in [0.15, 0.2) is 18.2 Å². The molecular formula is C18H27F3N2O3. The number of carbonyl (C=O) groups is 1. The molecule has 26 heavy (non-hydrogen) atoms. The number of benzene rings is 1. The van der Waals surface area contributed by atoms with Gasteiger partial charge in [0.15, 0.2) is 18.1 Å². The third-order valence-corrected chi connectivity index (χ3v) is 4.38. The number of alkyl halides is 3. The average Bonchev–Trinajstić information content (AvgIpc) is 2.57. The van der Waals surface area contributed by atoms with Gasteiger partial charge in [0.05, 0.1) is 12.6 Å². The van der Waals surface area contributed by atoms with Crippen LogP contribution in [0.2, 0.25) is 0 Å². The van der Waals surface area contributed by atoms with Crippen LogP contribution in [-0.4, -0.2) is 37.9 Å². The van der Waals surface area contributed by atoms with E-state index in [1.807, 2.05) is 20.8 Å². The van der Waals surface area contributed by atoms with Gasteiger partial charge < -0.3 is 20.5 Å². The summed E-state index contributed by atoms with van der Waals surface area (Å²) < 4.78 is 46.6. The molecule has 0 aliphatic rings. The summed E-state index contributed by atoms with van der Waals surface area (Å²) in [5, 5.41) is 2.94. The molecule has 0 aliphatic carbocycles. The van der Waals surface area contributed by atoms with E-state index >= 15 is 0 Å². The van der Waals surface area contributed by atoms with E-state index in [1.165, 1.54) is 13.2 Å². The fourth-order valence-corrected chi connectivity index (χ4v) is 2.22. The van der Waals surface area contributed by atoms with Gasteiger partial charge in [-0.25, -0.2) is 0 Å². The van der Waals surface area contributed by atoms with Crippen molar-refractivity contribution < 1.29 is 27.4 Å². The Hall–Kier alpha value is -1.96. The Balaban J connectivity index is 2.69. The predicted molar refractivity (Wildman–Crippen MR) is 93.3 cm³/mol. The number of hydrogen-bond acceptors (Lipinski definition) is 4. The van der Waals surface area contributed by atoms with E-state index in [9.17, 15) is 18.0 Å². The minimum Gasteiger partial charge on any atom is -0.493 e. The van der Waals surface area contributed by atoms with Crippen molar-refractivity contribution in [1.29, 1.82) is 0 Å². The van der Waals surface area contributed by atoms with Crippen LogP contribution in [0.3, 0.4) is 0 Å². The van der Waals surface area contributed by atoms with Crippen LogP contribution < -0.4 is 20.5 Å². The van der Waals surface area contributed by atoms with Crippen molar-refractivity contribution in [3.05, 3.63) is 23.8 Å². The molecule has 1 aromatic carbocycles. The Kier molecular flexibility index (Phi) is 7.74. The van der Waals surface area contributed by atoms with Gasteiger partial charge in [0.2, 0.25) is 5.91 Å². The molecule has 0 bridgehead atoms. The number of carbonyl (C=O) groups excluding carboxylic acids is 1. The number of hydrogen-bond donors (Lipinski definition) is 2. The highest BCUT2D eigenvalue weighted by Gasteiger charge is 2.29. The quantitative estimate of drug-likeness (QED) is 0.695. The summed E-state index contributed by atoms with van der Waals surface area (Å²) in [6.07, 6.45) is -3.78. The zero-order chi connectivity index (χ0) is 20.0. The molecule has 0 saturated carbocycles. The SMILES string of the molecule is COc1cc(CCC(=O)NC(C)(CN)C(C)C)ccc1OCC(F)(F)F. The van der Waals surface area contributed by atoms with Crippen molar-refractivity contribution in [2.45, 2.75) is 45.3 Å². The second-order valence-electron chi connectivity index (χ2n) is 6.71. The first-order chi connectivity index (χ1) is 12.0. The Labute approximate surface area is 152 Å². The molecule has 0 fully saturated rings. The fraction of sp³-hybridized carbons (Fsp3) is 0.611. The number of halogens is 3. The Morgan fingerprint density at radius 3 is 2.42 bits per heavy atom. The van der Waals surface area contributed by atoms with Crippen LogP contribution >= 0.6 is 0 Å². The third kappa shape index (κ3) is 6.74. The van der Waals surface area contributed by atoms with Gasteiger partial charge in [-0.2, -0.15) is 13.2 Å². The van der Waals surface area contributed by atoms with Crippen LogP contribution in [0.4, 0.5) is 13.2 Å². The molecule has 0 saturated heterocycles. The number of nitrogens with two attached hydrogens (primary N) is 1. The first kappa shape index (κ1) is 22.1. The second-order valence-corrected chi connectivity index (χ2v) is 6.71. The monoisotopic (exact) mass is 376 g/mol. The predicted octanol–water partition coefficient (Wildman–Crippen LogP) is 3.06. The van der Waals surface area contributed by atoms with Gasteiger partial charge >= 0.3 is 6.18 Å². The molecule has 0 aromatic heterocycles. The van der Waals surface area contributed by atoms with Crippen LogP contribution in [0, 0.1) is 5.92 Å². The smallest absolute Gasteiger partial charge is 0.422 e. The van der Waals surface area contributed by atoms with Gasteiger partial charge in [0.1, 0.15) is 0 Å². The van der Waals surface area contributed by atoms with Gasteiger partial charge in [-0.1, -0.05) is 19.9 Å². The van der Waals surface area contributed by atoms with E-state index in [0.29, 0.717) is 13.0 Å². The molecule has 1 aromatic rings. The Morgan fingerprint density at radius 2 is 1.92 bits per heavy atom. The van der Waals surface area contributed by atoms with Crippen LogP contribution in [0.1, 0.15) is 32.8 Å². The summed E-state index contributed by atoms with van der Waals surface area (Å²) in [5.74, 6) is 0.249. The summed E-state index contributed by atoms with van der Waals surface area (Å²) in [6, 6.07) is 4.60. The van der Waals surface area contributed by atoms with Crippen molar-refractivity contribution in [2.24, 2.45) is 11.7 Å². The molecular weight excluding hydrogens is 349 g/mol. The van der Waals surface area contributed by atoms with Crippen molar-refractivity contribution in [3.63, 3.8) is 0 Å². The molecule has 0 radical (unpaired) electrons. The van der Waals surface area contributed by atoms with Gasteiger partial charge in [-0.15, -0.1) is 0 Å². The van der Waals surface area contributed by atoms with Gasteiger partial charge in [0, 0.05) is 13.0 Å². The molecule has 0 spiro atoms. The number of ether oxygens (including phenoxy) is 2. The largest absolute Gasteiger partial charge is 0.493 e. The molecule has 1 atom stereocenters. The highest BCUT2D eigenvalue weighted by molar-refractivity contribution is 5.77. The summed E-state index contributed by atoms with van der Waals surface area (Å²) in [4.78, 5) is 12.2. The summed E-state index contributed by atoms with van der Waals surface area (Å²) in [6.45, 7) is 4.80. The summed E-state index contributed by atoms with van der Waals surface area (Å²) in [7, 11) is 1.35. The third-order valence-electron chi connectivity index (χ3n) is 4.38. The van der Waals surface area contributed by atoms with Crippen molar-refractivity contribution in [3.8, 4) is 11.5 Å². The van der Waals surface area contributed by atoms with Crippen molar-refractivity contribution >= 4 is 5.91 Å². The molecule has 0 aliphatic heterocycles. The lowest BCUT2D eigenvalue weighted by Crippen LogP contribution is -2.55. The standard InChI is InChI=1S/C18H27F3N2O3/c1-12(2)17(3,10-22)23-16(24)8-6-13-5-7-14(15(9-13)25-4)26-11-18(19,20)21/h5,7,9,12H,6,8,10-11,22H2,1-4H3,(H,23,24). The average molecular weight is 376 g/mol. The number of amides is 1. The second kappa shape index (κ2) is 9.12. The number of methoxy groups -OCH3 is 1. The molecule has 3 N–H and O–H groups in total. The van der Waals surface area contributed by atoms with E-state index in [1.54, 1.807) is 12.1 Å². The van der Waals surface area contributed by atoms with Crippen LogP contribution in [-0.2, 0) is 11.2 Å². The normalized spacial score (nSPS) is 14.0. The molecule has 1 rings (SSSR count). The van der Waals surface area contributed by atoms with Crippen LogP contribution in [0.25, 0.3) is 0 Å². The molecule has 5 nitrogen and oxygen atoms in total. The van der Waals surface area contributed by atoms with E-state index < -0.39 is 18.3 Å². The highest BCUT2D eigenvalue weighted by Crippen LogP contribution is 2.30. The lowest BCUT2D eigenvalue weighted by atomic mass is 9.88. The topological polar surface area (TPSA) is 73.6 Å².